The Morgan fingerprint density at radius 3 is 2.71 bits per heavy atom. The summed E-state index contributed by atoms with van der Waals surface area (Å²) in [6, 6.07) is 20.4. The number of thiazole rings is 1. The van der Waals surface area contributed by atoms with Crippen molar-refractivity contribution in [2.75, 3.05) is 31.3 Å². The lowest BCUT2D eigenvalue weighted by Gasteiger charge is -2.29. The third-order valence-electron chi connectivity index (χ3n) is 5.23. The first-order valence-corrected chi connectivity index (χ1v) is 11.8. The molecule has 3 heterocycles. The maximum Gasteiger partial charge on any atom is 0.326 e. The van der Waals surface area contributed by atoms with Crippen LogP contribution < -0.4 is 14.4 Å². The van der Waals surface area contributed by atoms with Gasteiger partial charge in [-0.3, -0.25) is 19.5 Å². The van der Waals surface area contributed by atoms with Gasteiger partial charge >= 0.3 is 5.97 Å². The fraction of sp³-hybridized carbons (Fsp3) is 0.154. The fourth-order valence-electron chi connectivity index (χ4n) is 3.55. The SMILES string of the molecule is O=C(CN1C(=O)COc2ccc(-c3csc(-c4ccccn4)n3)cc21)OCCOc1ccccc1. The molecular formula is C26H21N3O5S. The van der Waals surface area contributed by atoms with Gasteiger partial charge in [0.05, 0.1) is 17.1 Å². The summed E-state index contributed by atoms with van der Waals surface area (Å²) < 4.78 is 16.4. The summed E-state index contributed by atoms with van der Waals surface area (Å²) in [7, 11) is 0. The van der Waals surface area contributed by atoms with Gasteiger partial charge in [-0.25, -0.2) is 4.98 Å². The van der Waals surface area contributed by atoms with Crippen LogP contribution in [0.15, 0.2) is 78.3 Å². The van der Waals surface area contributed by atoms with Gasteiger partial charge < -0.3 is 14.2 Å². The molecule has 0 unspecified atom stereocenters. The number of hydrogen-bond acceptors (Lipinski definition) is 8. The van der Waals surface area contributed by atoms with Crippen LogP contribution in [0, 0.1) is 0 Å². The summed E-state index contributed by atoms with van der Waals surface area (Å²) in [5.41, 5.74) is 2.84. The Kier molecular flexibility index (Phi) is 6.67. The zero-order valence-corrected chi connectivity index (χ0v) is 19.4. The number of carbonyl (C=O) groups excluding carboxylic acids is 2. The molecule has 1 aliphatic rings. The van der Waals surface area contributed by atoms with Crippen LogP contribution >= 0.6 is 11.3 Å². The van der Waals surface area contributed by atoms with E-state index in [1.54, 1.807) is 18.3 Å². The van der Waals surface area contributed by atoms with Crippen molar-refractivity contribution in [3.8, 4) is 33.5 Å². The molecule has 0 spiro atoms. The molecule has 2 aromatic carbocycles. The number of nitrogens with zero attached hydrogens (tertiary/aromatic N) is 3. The molecule has 4 aromatic rings. The van der Waals surface area contributed by atoms with Crippen molar-refractivity contribution in [2.24, 2.45) is 0 Å². The summed E-state index contributed by atoms with van der Waals surface area (Å²) in [6.45, 7) is -0.0677. The number of benzene rings is 2. The molecule has 0 atom stereocenters. The van der Waals surface area contributed by atoms with Crippen molar-refractivity contribution in [1.82, 2.24) is 9.97 Å². The molecule has 8 nitrogen and oxygen atoms in total. The second kappa shape index (κ2) is 10.4. The number of aromatic nitrogens is 2. The molecule has 0 N–H and O–H groups in total. The number of hydrogen-bond donors (Lipinski definition) is 0. The van der Waals surface area contributed by atoms with Gasteiger partial charge in [-0.05, 0) is 42.5 Å². The molecule has 35 heavy (non-hydrogen) atoms. The summed E-state index contributed by atoms with van der Waals surface area (Å²) in [6.07, 6.45) is 1.73. The van der Waals surface area contributed by atoms with Crippen LogP contribution in [0.2, 0.25) is 0 Å². The van der Waals surface area contributed by atoms with Crippen LogP contribution in [-0.4, -0.2) is 48.2 Å². The Hall–Kier alpha value is -4.24. The number of para-hydroxylation sites is 1. The third-order valence-corrected chi connectivity index (χ3v) is 6.10. The van der Waals surface area contributed by atoms with Crippen LogP contribution in [0.1, 0.15) is 0 Å². The maximum atomic E-state index is 12.6. The van der Waals surface area contributed by atoms with E-state index in [1.165, 1.54) is 16.2 Å². The van der Waals surface area contributed by atoms with Crippen molar-refractivity contribution in [2.45, 2.75) is 0 Å². The van der Waals surface area contributed by atoms with E-state index in [0.29, 0.717) is 17.2 Å². The largest absolute Gasteiger partial charge is 0.490 e. The highest BCUT2D eigenvalue weighted by molar-refractivity contribution is 7.13. The molecule has 0 fully saturated rings. The van der Waals surface area contributed by atoms with Gasteiger partial charge in [-0.2, -0.15) is 0 Å². The molecule has 5 rings (SSSR count). The quantitative estimate of drug-likeness (QED) is 0.271. The number of esters is 1. The Balaban J connectivity index is 1.27. The summed E-state index contributed by atoms with van der Waals surface area (Å²) >= 11 is 1.49. The van der Waals surface area contributed by atoms with Gasteiger partial charge in [0.2, 0.25) is 0 Å². The summed E-state index contributed by atoms with van der Waals surface area (Å²) in [4.78, 5) is 35.5. The van der Waals surface area contributed by atoms with Crippen molar-refractivity contribution in [3.63, 3.8) is 0 Å². The molecule has 0 saturated heterocycles. The van der Waals surface area contributed by atoms with E-state index >= 15 is 0 Å². The van der Waals surface area contributed by atoms with Gasteiger partial charge in [0.1, 0.15) is 36.3 Å². The van der Waals surface area contributed by atoms with Crippen molar-refractivity contribution < 1.29 is 23.8 Å². The number of rotatable bonds is 8. The lowest BCUT2D eigenvalue weighted by atomic mass is 10.1. The standard InChI is InChI=1S/C26H21N3O5S/c30-24-16-34-23-10-9-18(21-17-35-26(28-21)20-8-4-5-11-27-20)14-22(23)29(24)15-25(31)33-13-12-32-19-6-2-1-3-7-19/h1-11,14,17H,12-13,15-16H2. The van der Waals surface area contributed by atoms with Gasteiger partial charge in [0, 0.05) is 17.1 Å². The first-order valence-electron chi connectivity index (χ1n) is 11.0. The minimum Gasteiger partial charge on any atom is -0.490 e. The van der Waals surface area contributed by atoms with Crippen molar-refractivity contribution >= 4 is 28.9 Å². The average Bonchev–Trinajstić information content (AvgIpc) is 3.40. The summed E-state index contributed by atoms with van der Waals surface area (Å²) in [5, 5.41) is 2.73. The summed E-state index contributed by atoms with van der Waals surface area (Å²) in [5.74, 6) is 0.370. The van der Waals surface area contributed by atoms with E-state index in [4.69, 9.17) is 14.2 Å². The van der Waals surface area contributed by atoms with Crippen LogP contribution in [0.25, 0.3) is 22.0 Å². The van der Waals surface area contributed by atoms with E-state index in [1.807, 2.05) is 60.0 Å². The average molecular weight is 488 g/mol. The first-order chi connectivity index (χ1) is 17.2. The Labute approximate surface area is 205 Å². The van der Waals surface area contributed by atoms with Gasteiger partial charge in [0.15, 0.2) is 6.61 Å². The molecule has 1 amide bonds. The molecule has 1 aliphatic heterocycles. The van der Waals surface area contributed by atoms with Gasteiger partial charge in [-0.15, -0.1) is 11.3 Å². The second-order valence-corrected chi connectivity index (χ2v) is 8.44. The predicted molar refractivity (Wildman–Crippen MR) is 132 cm³/mol. The van der Waals surface area contributed by atoms with Crippen LogP contribution in [0.3, 0.4) is 0 Å². The van der Waals surface area contributed by atoms with E-state index < -0.39 is 5.97 Å². The Bertz CT molecular complexity index is 1330. The first kappa shape index (κ1) is 22.5. The number of pyridine rings is 1. The normalized spacial score (nSPS) is 12.6. The third kappa shape index (κ3) is 5.30. The van der Waals surface area contributed by atoms with E-state index in [0.717, 1.165) is 22.0 Å². The number of amides is 1. The Morgan fingerprint density at radius 2 is 1.89 bits per heavy atom. The molecule has 0 bridgehead atoms. The van der Waals surface area contributed by atoms with Crippen molar-refractivity contribution in [1.29, 1.82) is 0 Å². The molecule has 0 aliphatic carbocycles. The molecule has 2 aromatic heterocycles. The number of fused-ring (bicyclic) bond motifs is 1. The zero-order chi connectivity index (χ0) is 24.0. The number of carbonyl (C=O) groups is 2. The lowest BCUT2D eigenvalue weighted by molar-refractivity contribution is -0.143. The number of ether oxygens (including phenoxy) is 3. The van der Waals surface area contributed by atoms with E-state index in [9.17, 15) is 9.59 Å². The van der Waals surface area contributed by atoms with E-state index in [2.05, 4.69) is 9.97 Å². The van der Waals surface area contributed by atoms with Crippen LogP contribution in [0.5, 0.6) is 11.5 Å². The molecule has 0 radical (unpaired) electrons. The topological polar surface area (TPSA) is 90.9 Å². The highest BCUT2D eigenvalue weighted by Gasteiger charge is 2.28. The number of anilines is 1. The highest BCUT2D eigenvalue weighted by atomic mass is 32.1. The zero-order valence-electron chi connectivity index (χ0n) is 18.6. The molecule has 0 saturated carbocycles. The minimum atomic E-state index is -0.528. The monoisotopic (exact) mass is 487 g/mol. The van der Waals surface area contributed by atoms with Crippen LogP contribution in [0.4, 0.5) is 5.69 Å². The highest BCUT2D eigenvalue weighted by Crippen LogP contribution is 2.37. The minimum absolute atomic E-state index is 0.0777. The lowest BCUT2D eigenvalue weighted by Crippen LogP contribution is -2.42. The molecular weight excluding hydrogens is 466 g/mol. The van der Waals surface area contributed by atoms with Crippen LogP contribution in [-0.2, 0) is 14.3 Å². The fourth-order valence-corrected chi connectivity index (χ4v) is 4.36. The Morgan fingerprint density at radius 1 is 1.03 bits per heavy atom. The molecule has 9 heteroatoms. The molecule has 176 valence electrons. The predicted octanol–water partition coefficient (Wildman–Crippen LogP) is 4.22. The van der Waals surface area contributed by atoms with Gasteiger partial charge in [-0.1, -0.05) is 24.3 Å². The van der Waals surface area contributed by atoms with E-state index in [-0.39, 0.29) is 32.3 Å². The van der Waals surface area contributed by atoms with Gasteiger partial charge in [0.25, 0.3) is 5.91 Å². The smallest absolute Gasteiger partial charge is 0.326 e. The van der Waals surface area contributed by atoms with Crippen molar-refractivity contribution in [3.05, 3.63) is 78.3 Å². The second-order valence-electron chi connectivity index (χ2n) is 7.59. The maximum absolute atomic E-state index is 12.6.